The summed E-state index contributed by atoms with van der Waals surface area (Å²) in [7, 11) is 0. The van der Waals surface area contributed by atoms with Gasteiger partial charge in [0, 0.05) is 5.75 Å². The lowest BCUT2D eigenvalue weighted by Crippen LogP contribution is -2.42. The third kappa shape index (κ3) is 2.17. The maximum Gasteiger partial charge on any atom is 0.327 e. The number of carbonyl (C=O) groups is 2. The van der Waals surface area contributed by atoms with E-state index in [1.54, 1.807) is 0 Å². The number of carboxylic acids is 1. The van der Waals surface area contributed by atoms with Gasteiger partial charge in [0.2, 0.25) is 0 Å². The molecule has 0 saturated carbocycles. The highest BCUT2D eigenvalue weighted by atomic mass is 32.2. The van der Waals surface area contributed by atoms with Gasteiger partial charge < -0.3 is 10.0 Å². The van der Waals surface area contributed by atoms with Crippen molar-refractivity contribution in [2.45, 2.75) is 6.04 Å². The molecular formula is C11H9F2NO3S. The number of benzene rings is 1. The second-order valence-electron chi connectivity index (χ2n) is 3.73. The molecule has 1 N–H and O–H groups in total. The van der Waals surface area contributed by atoms with Crippen LogP contribution in [0.1, 0.15) is 10.4 Å². The molecule has 1 aromatic carbocycles. The van der Waals surface area contributed by atoms with Crippen LogP contribution in [0.3, 0.4) is 0 Å². The first-order valence-corrected chi connectivity index (χ1v) is 6.23. The summed E-state index contributed by atoms with van der Waals surface area (Å²) in [5.41, 5.74) is -0.441. The van der Waals surface area contributed by atoms with Gasteiger partial charge in [-0.05, 0) is 12.1 Å². The summed E-state index contributed by atoms with van der Waals surface area (Å²) in [4.78, 5) is 23.9. The molecule has 1 heterocycles. The van der Waals surface area contributed by atoms with Gasteiger partial charge in [-0.15, -0.1) is 11.8 Å². The Morgan fingerprint density at radius 1 is 1.39 bits per heavy atom. The van der Waals surface area contributed by atoms with E-state index >= 15 is 0 Å². The fourth-order valence-electron chi connectivity index (χ4n) is 1.67. The van der Waals surface area contributed by atoms with E-state index in [1.807, 2.05) is 0 Å². The van der Waals surface area contributed by atoms with Crippen LogP contribution in [0.4, 0.5) is 8.78 Å². The zero-order valence-electron chi connectivity index (χ0n) is 9.10. The maximum absolute atomic E-state index is 13.5. The van der Waals surface area contributed by atoms with Crippen LogP contribution in [0.15, 0.2) is 18.2 Å². The molecule has 0 spiro atoms. The molecule has 7 heteroatoms. The lowest BCUT2D eigenvalue weighted by atomic mass is 10.1. The molecule has 1 aliphatic rings. The van der Waals surface area contributed by atoms with Crippen molar-refractivity contribution in [1.29, 1.82) is 0 Å². The van der Waals surface area contributed by atoms with Crippen molar-refractivity contribution in [1.82, 2.24) is 4.90 Å². The average Bonchev–Trinajstić information content (AvgIpc) is 2.81. The number of carboxylic acid groups (broad SMARTS) is 1. The highest BCUT2D eigenvalue weighted by Gasteiger charge is 2.36. The molecule has 1 aromatic rings. The standard InChI is InChI=1S/C11H9F2NO3S/c12-7-3-1-2-6(9(7)13)10(15)14-5-18-4-8(14)11(16)17/h1-3,8H,4-5H2,(H,16,17). The molecule has 4 nitrogen and oxygen atoms in total. The van der Waals surface area contributed by atoms with Crippen molar-refractivity contribution in [2.24, 2.45) is 0 Å². The van der Waals surface area contributed by atoms with Crippen molar-refractivity contribution < 1.29 is 23.5 Å². The smallest absolute Gasteiger partial charge is 0.327 e. The first kappa shape index (κ1) is 12.8. The largest absolute Gasteiger partial charge is 0.480 e. The summed E-state index contributed by atoms with van der Waals surface area (Å²) in [6.07, 6.45) is 0. The number of rotatable bonds is 2. The van der Waals surface area contributed by atoms with E-state index in [9.17, 15) is 18.4 Å². The Labute approximate surface area is 106 Å². The van der Waals surface area contributed by atoms with Crippen LogP contribution < -0.4 is 0 Å². The van der Waals surface area contributed by atoms with Crippen LogP contribution in [0.5, 0.6) is 0 Å². The number of hydrogen-bond donors (Lipinski definition) is 1. The summed E-state index contributed by atoms with van der Waals surface area (Å²) in [6, 6.07) is 2.26. The Kier molecular flexibility index (Phi) is 3.51. The molecule has 2 rings (SSSR count). The van der Waals surface area contributed by atoms with Gasteiger partial charge in [-0.3, -0.25) is 4.79 Å². The number of carbonyl (C=O) groups excluding carboxylic acids is 1. The van der Waals surface area contributed by atoms with E-state index in [0.29, 0.717) is 0 Å². The number of thioether (sulfide) groups is 1. The average molecular weight is 273 g/mol. The summed E-state index contributed by atoms with van der Waals surface area (Å²) < 4.78 is 26.5. The molecule has 1 atom stereocenters. The highest BCUT2D eigenvalue weighted by Crippen LogP contribution is 2.24. The molecule has 0 bridgehead atoms. The van der Waals surface area contributed by atoms with Crippen molar-refractivity contribution in [3.05, 3.63) is 35.4 Å². The summed E-state index contributed by atoms with van der Waals surface area (Å²) in [5.74, 6) is -3.92. The minimum absolute atomic E-state index is 0.158. The topological polar surface area (TPSA) is 57.6 Å². The van der Waals surface area contributed by atoms with E-state index < -0.39 is 35.1 Å². The lowest BCUT2D eigenvalue weighted by molar-refractivity contribution is -0.140. The summed E-state index contributed by atoms with van der Waals surface area (Å²) >= 11 is 1.26. The molecule has 1 fully saturated rings. The quantitative estimate of drug-likeness (QED) is 0.888. The zero-order valence-corrected chi connectivity index (χ0v) is 9.92. The molecule has 0 aliphatic carbocycles. The Hall–Kier alpha value is -1.63. The van der Waals surface area contributed by atoms with Crippen LogP contribution >= 0.6 is 11.8 Å². The van der Waals surface area contributed by atoms with E-state index in [2.05, 4.69) is 0 Å². The Balaban J connectivity index is 2.31. The molecule has 1 unspecified atom stereocenters. The van der Waals surface area contributed by atoms with Crippen molar-refractivity contribution in [2.75, 3.05) is 11.6 Å². The van der Waals surface area contributed by atoms with Gasteiger partial charge in [-0.1, -0.05) is 6.07 Å². The first-order valence-electron chi connectivity index (χ1n) is 5.08. The van der Waals surface area contributed by atoms with Gasteiger partial charge in [0.05, 0.1) is 11.4 Å². The number of halogens is 2. The third-order valence-electron chi connectivity index (χ3n) is 2.61. The molecule has 0 radical (unpaired) electrons. The number of amides is 1. The molecule has 1 amide bonds. The SMILES string of the molecule is O=C(O)C1CSCN1C(=O)c1cccc(F)c1F. The Morgan fingerprint density at radius 3 is 2.78 bits per heavy atom. The Bertz CT molecular complexity index is 509. The van der Waals surface area contributed by atoms with Gasteiger partial charge in [0.25, 0.3) is 5.91 Å². The summed E-state index contributed by atoms with van der Waals surface area (Å²) in [5, 5.41) is 8.93. The second-order valence-corrected chi connectivity index (χ2v) is 4.73. The van der Waals surface area contributed by atoms with Crippen LogP contribution in [0.2, 0.25) is 0 Å². The molecule has 1 saturated heterocycles. The zero-order chi connectivity index (χ0) is 13.3. The van der Waals surface area contributed by atoms with E-state index in [1.165, 1.54) is 17.8 Å². The summed E-state index contributed by atoms with van der Waals surface area (Å²) in [6.45, 7) is 0. The monoisotopic (exact) mass is 273 g/mol. The van der Waals surface area contributed by atoms with Crippen molar-refractivity contribution >= 4 is 23.6 Å². The third-order valence-corrected chi connectivity index (χ3v) is 3.62. The van der Waals surface area contributed by atoms with Crippen LogP contribution in [0.25, 0.3) is 0 Å². The van der Waals surface area contributed by atoms with E-state index in [4.69, 9.17) is 5.11 Å². The molecule has 0 aromatic heterocycles. The number of aliphatic carboxylic acids is 1. The van der Waals surface area contributed by atoms with Crippen LogP contribution in [0, 0.1) is 11.6 Å². The van der Waals surface area contributed by atoms with Crippen molar-refractivity contribution in [3.8, 4) is 0 Å². The number of nitrogens with zero attached hydrogens (tertiary/aromatic N) is 1. The van der Waals surface area contributed by atoms with Gasteiger partial charge in [-0.2, -0.15) is 0 Å². The minimum atomic E-state index is -1.25. The van der Waals surface area contributed by atoms with E-state index in [-0.39, 0.29) is 11.6 Å². The fourth-order valence-corrected chi connectivity index (χ4v) is 2.82. The second kappa shape index (κ2) is 4.93. The molecular weight excluding hydrogens is 264 g/mol. The normalized spacial score (nSPS) is 19.0. The first-order chi connectivity index (χ1) is 8.52. The van der Waals surface area contributed by atoms with Crippen molar-refractivity contribution in [3.63, 3.8) is 0 Å². The Morgan fingerprint density at radius 2 is 2.11 bits per heavy atom. The molecule has 18 heavy (non-hydrogen) atoms. The number of hydrogen-bond acceptors (Lipinski definition) is 3. The lowest BCUT2D eigenvalue weighted by Gasteiger charge is -2.20. The predicted octanol–water partition coefficient (Wildman–Crippen LogP) is 1.56. The molecule has 96 valence electrons. The molecule has 1 aliphatic heterocycles. The van der Waals surface area contributed by atoms with Crippen LogP contribution in [-0.4, -0.2) is 39.6 Å². The van der Waals surface area contributed by atoms with Gasteiger partial charge in [0.15, 0.2) is 11.6 Å². The highest BCUT2D eigenvalue weighted by molar-refractivity contribution is 7.99. The predicted molar refractivity (Wildman–Crippen MR) is 61.3 cm³/mol. The fraction of sp³-hybridized carbons (Fsp3) is 0.273. The van der Waals surface area contributed by atoms with Gasteiger partial charge in [0.1, 0.15) is 6.04 Å². The van der Waals surface area contributed by atoms with Crippen LogP contribution in [-0.2, 0) is 4.79 Å². The van der Waals surface area contributed by atoms with E-state index in [0.717, 1.165) is 17.0 Å². The minimum Gasteiger partial charge on any atom is -0.480 e. The van der Waals surface area contributed by atoms with Gasteiger partial charge >= 0.3 is 5.97 Å². The maximum atomic E-state index is 13.5. The van der Waals surface area contributed by atoms with Gasteiger partial charge in [-0.25, -0.2) is 13.6 Å².